The van der Waals surface area contributed by atoms with Crippen LogP contribution in [0.2, 0.25) is 10.0 Å². The van der Waals surface area contributed by atoms with E-state index in [-0.39, 0.29) is 11.8 Å². The molecule has 1 amide bonds. The molecular formula is C22H26Cl2N2O2. The summed E-state index contributed by atoms with van der Waals surface area (Å²) in [7, 11) is 1.66. The first-order valence-electron chi connectivity index (χ1n) is 9.62. The van der Waals surface area contributed by atoms with E-state index < -0.39 is 0 Å². The first-order valence-corrected chi connectivity index (χ1v) is 10.4. The highest BCUT2D eigenvalue weighted by molar-refractivity contribution is 6.35. The van der Waals surface area contributed by atoms with Crippen LogP contribution < -0.4 is 10.1 Å². The summed E-state index contributed by atoms with van der Waals surface area (Å²) < 4.78 is 5.17. The predicted octanol–water partition coefficient (Wildman–Crippen LogP) is 4.57. The lowest BCUT2D eigenvalue weighted by atomic mass is 9.96. The highest BCUT2D eigenvalue weighted by atomic mass is 35.5. The topological polar surface area (TPSA) is 41.6 Å². The lowest BCUT2D eigenvalue weighted by Gasteiger charge is -2.32. The van der Waals surface area contributed by atoms with Gasteiger partial charge in [0.25, 0.3) is 0 Å². The van der Waals surface area contributed by atoms with Crippen LogP contribution in [0.3, 0.4) is 0 Å². The Hall–Kier alpha value is -1.75. The molecule has 1 atom stereocenters. The van der Waals surface area contributed by atoms with Gasteiger partial charge in [0.1, 0.15) is 5.75 Å². The van der Waals surface area contributed by atoms with Crippen molar-refractivity contribution in [1.82, 2.24) is 10.2 Å². The first kappa shape index (κ1) is 21.0. The second kappa shape index (κ2) is 10.1. The molecule has 1 unspecified atom stereocenters. The highest BCUT2D eigenvalue weighted by Crippen LogP contribution is 2.27. The summed E-state index contributed by atoms with van der Waals surface area (Å²) in [6.07, 6.45) is 2.72. The van der Waals surface area contributed by atoms with Crippen molar-refractivity contribution in [3.05, 3.63) is 63.6 Å². The molecule has 1 aliphatic rings. The Morgan fingerprint density at radius 2 is 1.89 bits per heavy atom. The fourth-order valence-corrected chi connectivity index (χ4v) is 4.10. The summed E-state index contributed by atoms with van der Waals surface area (Å²) in [6.45, 7) is 3.00. The fourth-order valence-electron chi connectivity index (χ4n) is 3.59. The largest absolute Gasteiger partial charge is 0.497 e. The Bertz CT molecular complexity index is 775. The summed E-state index contributed by atoms with van der Waals surface area (Å²) in [4.78, 5) is 14.9. The number of halogens is 2. The number of piperidine rings is 1. The maximum Gasteiger partial charge on any atom is 0.224 e. The van der Waals surface area contributed by atoms with E-state index in [4.69, 9.17) is 27.9 Å². The molecule has 1 heterocycles. The highest BCUT2D eigenvalue weighted by Gasteiger charge is 2.26. The Morgan fingerprint density at radius 1 is 1.18 bits per heavy atom. The van der Waals surface area contributed by atoms with Gasteiger partial charge in [0.15, 0.2) is 0 Å². The minimum absolute atomic E-state index is 0.00545. The predicted molar refractivity (Wildman–Crippen MR) is 114 cm³/mol. The number of carbonyl (C=O) groups is 1. The first-order chi connectivity index (χ1) is 13.6. The van der Waals surface area contributed by atoms with E-state index in [9.17, 15) is 4.79 Å². The number of nitrogens with one attached hydrogen (secondary N) is 1. The standard InChI is InChI=1S/C22H26Cl2N2O2/c1-28-18-9-7-16(8-10-18)11-12-25-22(27)17-4-3-13-26(14-17)15-19-20(23)5-2-6-21(19)24/h2,5-10,17H,3-4,11-15H2,1H3,(H,25,27). The maximum atomic E-state index is 12.6. The summed E-state index contributed by atoms with van der Waals surface area (Å²) in [5.41, 5.74) is 2.12. The lowest BCUT2D eigenvalue weighted by molar-refractivity contribution is -0.126. The molecule has 1 aliphatic heterocycles. The third-order valence-electron chi connectivity index (χ3n) is 5.19. The van der Waals surface area contributed by atoms with Gasteiger partial charge in [-0.15, -0.1) is 0 Å². The number of rotatable bonds is 7. The lowest BCUT2D eigenvalue weighted by Crippen LogP contribution is -2.43. The molecule has 6 heteroatoms. The average Bonchev–Trinajstić information content (AvgIpc) is 2.71. The van der Waals surface area contributed by atoms with Crippen molar-refractivity contribution in [2.45, 2.75) is 25.8 Å². The van der Waals surface area contributed by atoms with Gasteiger partial charge in [0.2, 0.25) is 5.91 Å². The van der Waals surface area contributed by atoms with E-state index in [1.54, 1.807) is 7.11 Å². The third-order valence-corrected chi connectivity index (χ3v) is 5.90. The maximum absolute atomic E-state index is 12.6. The smallest absolute Gasteiger partial charge is 0.224 e. The van der Waals surface area contributed by atoms with Crippen LogP contribution in [-0.4, -0.2) is 37.6 Å². The van der Waals surface area contributed by atoms with E-state index in [1.165, 1.54) is 5.56 Å². The third kappa shape index (κ3) is 5.63. The molecule has 0 spiro atoms. The Balaban J connectivity index is 1.48. The zero-order valence-electron chi connectivity index (χ0n) is 16.1. The molecular weight excluding hydrogens is 395 g/mol. The number of carbonyl (C=O) groups excluding carboxylic acids is 1. The summed E-state index contributed by atoms with van der Waals surface area (Å²) in [5, 5.41) is 4.45. The molecule has 0 radical (unpaired) electrons. The number of ether oxygens (including phenoxy) is 1. The van der Waals surface area contributed by atoms with Gasteiger partial charge in [-0.3, -0.25) is 9.69 Å². The molecule has 1 fully saturated rings. The second-order valence-electron chi connectivity index (χ2n) is 7.16. The Morgan fingerprint density at radius 3 is 2.57 bits per heavy atom. The summed E-state index contributed by atoms with van der Waals surface area (Å²) in [6, 6.07) is 13.5. The van der Waals surface area contributed by atoms with Gasteiger partial charge in [-0.2, -0.15) is 0 Å². The molecule has 150 valence electrons. The van der Waals surface area contributed by atoms with Crippen molar-refractivity contribution in [1.29, 1.82) is 0 Å². The number of amides is 1. The molecule has 4 nitrogen and oxygen atoms in total. The van der Waals surface area contributed by atoms with E-state index >= 15 is 0 Å². The van der Waals surface area contributed by atoms with Gasteiger partial charge in [0, 0.05) is 35.2 Å². The zero-order chi connectivity index (χ0) is 19.9. The second-order valence-corrected chi connectivity index (χ2v) is 7.98. The average molecular weight is 421 g/mol. The molecule has 28 heavy (non-hydrogen) atoms. The normalized spacial score (nSPS) is 17.3. The van der Waals surface area contributed by atoms with Gasteiger partial charge >= 0.3 is 0 Å². The molecule has 1 N–H and O–H groups in total. The number of benzene rings is 2. The van der Waals surface area contributed by atoms with Crippen molar-refractivity contribution in [2.75, 3.05) is 26.7 Å². The van der Waals surface area contributed by atoms with Crippen molar-refractivity contribution in [2.24, 2.45) is 5.92 Å². The van der Waals surface area contributed by atoms with Crippen LogP contribution in [0.5, 0.6) is 5.75 Å². The van der Waals surface area contributed by atoms with Gasteiger partial charge in [-0.25, -0.2) is 0 Å². The molecule has 0 aromatic heterocycles. The van der Waals surface area contributed by atoms with Gasteiger partial charge in [0.05, 0.1) is 13.0 Å². The van der Waals surface area contributed by atoms with Crippen LogP contribution in [0.15, 0.2) is 42.5 Å². The van der Waals surface area contributed by atoms with Crippen molar-refractivity contribution in [3.8, 4) is 5.75 Å². The molecule has 3 rings (SSSR count). The molecule has 1 saturated heterocycles. The number of likely N-dealkylation sites (tertiary alicyclic amines) is 1. The molecule has 2 aromatic carbocycles. The zero-order valence-corrected chi connectivity index (χ0v) is 17.6. The molecule has 0 saturated carbocycles. The van der Waals surface area contributed by atoms with E-state index in [0.717, 1.165) is 43.7 Å². The van der Waals surface area contributed by atoms with Crippen LogP contribution in [0, 0.1) is 5.92 Å². The minimum Gasteiger partial charge on any atom is -0.497 e. The van der Waals surface area contributed by atoms with E-state index in [2.05, 4.69) is 10.2 Å². The Kier molecular flexibility index (Phi) is 7.60. The molecule has 0 aliphatic carbocycles. The van der Waals surface area contributed by atoms with Gasteiger partial charge in [-0.1, -0.05) is 41.4 Å². The molecule has 0 bridgehead atoms. The number of hydrogen-bond acceptors (Lipinski definition) is 3. The summed E-state index contributed by atoms with van der Waals surface area (Å²) >= 11 is 12.6. The van der Waals surface area contributed by atoms with Crippen LogP contribution in [0.4, 0.5) is 0 Å². The van der Waals surface area contributed by atoms with Crippen LogP contribution in [-0.2, 0) is 17.8 Å². The van der Waals surface area contributed by atoms with Crippen molar-refractivity contribution in [3.63, 3.8) is 0 Å². The van der Waals surface area contributed by atoms with Gasteiger partial charge in [-0.05, 0) is 55.6 Å². The van der Waals surface area contributed by atoms with Crippen molar-refractivity contribution >= 4 is 29.1 Å². The van der Waals surface area contributed by atoms with Crippen LogP contribution in [0.1, 0.15) is 24.0 Å². The fraction of sp³-hybridized carbons (Fsp3) is 0.409. The summed E-state index contributed by atoms with van der Waals surface area (Å²) in [5.74, 6) is 0.975. The van der Waals surface area contributed by atoms with Crippen LogP contribution >= 0.6 is 23.2 Å². The van der Waals surface area contributed by atoms with Crippen LogP contribution in [0.25, 0.3) is 0 Å². The SMILES string of the molecule is COc1ccc(CCNC(=O)C2CCCN(Cc3c(Cl)cccc3Cl)C2)cc1. The van der Waals surface area contributed by atoms with E-state index in [1.807, 2.05) is 42.5 Å². The monoisotopic (exact) mass is 420 g/mol. The Labute approximate surface area is 176 Å². The number of hydrogen-bond donors (Lipinski definition) is 1. The van der Waals surface area contributed by atoms with Gasteiger partial charge < -0.3 is 10.1 Å². The quantitative estimate of drug-likeness (QED) is 0.712. The number of nitrogens with zero attached hydrogens (tertiary/aromatic N) is 1. The number of methoxy groups -OCH3 is 1. The van der Waals surface area contributed by atoms with Crippen molar-refractivity contribution < 1.29 is 9.53 Å². The van der Waals surface area contributed by atoms with E-state index in [0.29, 0.717) is 23.1 Å². The molecule has 2 aromatic rings. The minimum atomic E-state index is 0.00545.